The predicted octanol–water partition coefficient (Wildman–Crippen LogP) is 0.324. The van der Waals surface area contributed by atoms with Gasteiger partial charge < -0.3 is 10.2 Å². The molecule has 0 radical (unpaired) electrons. The summed E-state index contributed by atoms with van der Waals surface area (Å²) < 4.78 is 26.6. The molecule has 2 atom stereocenters. The number of likely N-dealkylation sites (N-methyl/N-ethyl adjacent to an activating group) is 1. The summed E-state index contributed by atoms with van der Waals surface area (Å²) >= 11 is 0. The summed E-state index contributed by atoms with van der Waals surface area (Å²) in [6.07, 6.45) is 2.01. The molecule has 1 fully saturated rings. The van der Waals surface area contributed by atoms with E-state index in [9.17, 15) is 13.2 Å². The molecule has 2 aliphatic heterocycles. The van der Waals surface area contributed by atoms with Crippen molar-refractivity contribution in [2.24, 2.45) is 4.99 Å². The Morgan fingerprint density at radius 1 is 1.42 bits per heavy atom. The Kier molecular flexibility index (Phi) is 4.60. The van der Waals surface area contributed by atoms with Crippen LogP contribution in [0.5, 0.6) is 0 Å². The highest BCUT2D eigenvalue weighted by Gasteiger charge is 2.32. The molecule has 2 aliphatic rings. The fraction of sp³-hybridized carbons (Fsp3) is 0.500. The summed E-state index contributed by atoms with van der Waals surface area (Å²) in [6.45, 7) is 3.08. The Bertz CT molecular complexity index is 775. The second-order valence-corrected chi connectivity index (χ2v) is 7.82. The summed E-state index contributed by atoms with van der Waals surface area (Å²) in [6, 6.07) is 6.32. The summed E-state index contributed by atoms with van der Waals surface area (Å²) in [5.74, 6) is 0.166. The van der Waals surface area contributed by atoms with E-state index in [1.54, 1.807) is 30.0 Å². The average Bonchev–Trinajstić information content (AvgIpc) is 2.85. The number of carbonyl (C=O) groups excluding carboxylic acids is 1. The third-order valence-electron chi connectivity index (χ3n) is 4.48. The van der Waals surface area contributed by atoms with Crippen LogP contribution in [0, 0.1) is 0 Å². The minimum absolute atomic E-state index is 0.0778. The molecule has 3 rings (SSSR count). The van der Waals surface area contributed by atoms with Gasteiger partial charge in [-0.1, -0.05) is 12.1 Å². The number of nitrogens with zero attached hydrogens (tertiary/aromatic N) is 2. The van der Waals surface area contributed by atoms with Gasteiger partial charge in [0.1, 0.15) is 11.9 Å². The first kappa shape index (κ1) is 16.9. The van der Waals surface area contributed by atoms with Gasteiger partial charge in [0.2, 0.25) is 5.91 Å². The van der Waals surface area contributed by atoms with Crippen LogP contribution < -0.4 is 10.0 Å². The topological polar surface area (TPSA) is 90.9 Å². The van der Waals surface area contributed by atoms with E-state index in [1.807, 2.05) is 7.05 Å². The Morgan fingerprint density at radius 2 is 2.17 bits per heavy atom. The highest BCUT2D eigenvalue weighted by Crippen LogP contribution is 2.23. The summed E-state index contributed by atoms with van der Waals surface area (Å²) in [5.41, 5.74) is 0.517. The summed E-state index contributed by atoms with van der Waals surface area (Å²) in [5, 5.41) is 3.20. The predicted molar refractivity (Wildman–Crippen MR) is 91.4 cm³/mol. The minimum Gasteiger partial charge on any atom is -0.339 e. The van der Waals surface area contributed by atoms with Crippen LogP contribution in [0.25, 0.3) is 0 Å². The van der Waals surface area contributed by atoms with Crippen molar-refractivity contribution in [3.8, 4) is 0 Å². The van der Waals surface area contributed by atoms with E-state index >= 15 is 0 Å². The zero-order valence-electron chi connectivity index (χ0n) is 13.8. The molecular formula is C16H22N4O3S. The lowest BCUT2D eigenvalue weighted by Gasteiger charge is -2.33. The number of hydrogen-bond donors (Lipinski definition) is 2. The average molecular weight is 350 g/mol. The van der Waals surface area contributed by atoms with Crippen LogP contribution in [0.15, 0.2) is 34.2 Å². The molecule has 0 aliphatic carbocycles. The van der Waals surface area contributed by atoms with Crippen molar-refractivity contribution >= 4 is 21.8 Å². The van der Waals surface area contributed by atoms with Crippen molar-refractivity contribution in [2.75, 3.05) is 20.1 Å². The molecule has 1 amide bonds. The number of rotatable bonds is 3. The van der Waals surface area contributed by atoms with Crippen molar-refractivity contribution in [1.82, 2.24) is 14.9 Å². The van der Waals surface area contributed by atoms with E-state index in [0.29, 0.717) is 24.7 Å². The zero-order chi connectivity index (χ0) is 17.3. The molecule has 7 nitrogen and oxygen atoms in total. The molecule has 1 aromatic rings. The van der Waals surface area contributed by atoms with Crippen molar-refractivity contribution in [3.05, 3.63) is 29.8 Å². The third-order valence-corrected chi connectivity index (χ3v) is 5.88. The number of piperidine rings is 1. The summed E-state index contributed by atoms with van der Waals surface area (Å²) in [7, 11) is -1.68. The van der Waals surface area contributed by atoms with Gasteiger partial charge in [-0.15, -0.1) is 0 Å². The Hall–Kier alpha value is -1.93. The highest BCUT2D eigenvalue weighted by atomic mass is 32.2. The van der Waals surface area contributed by atoms with Gasteiger partial charge >= 0.3 is 0 Å². The highest BCUT2D eigenvalue weighted by molar-refractivity contribution is 7.90. The smallest absolute Gasteiger partial charge is 0.263 e. The van der Waals surface area contributed by atoms with Crippen LogP contribution in [0.3, 0.4) is 0 Å². The van der Waals surface area contributed by atoms with Gasteiger partial charge in [-0.25, -0.2) is 8.42 Å². The minimum atomic E-state index is -3.58. The van der Waals surface area contributed by atoms with Gasteiger partial charge in [0.25, 0.3) is 10.0 Å². The standard InChI is InChI=1S/C16H22N4O3S/c1-11(16(21)20-9-5-6-12(10-20)17-2)18-15-13-7-3-4-8-14(13)24(22,23)19-15/h3-4,7-8,11-12,17H,5-6,9-10H2,1-2H3,(H,18,19). The number of carbonyl (C=O) groups is 1. The van der Waals surface area contributed by atoms with E-state index in [2.05, 4.69) is 15.0 Å². The summed E-state index contributed by atoms with van der Waals surface area (Å²) in [4.78, 5) is 19.0. The van der Waals surface area contributed by atoms with E-state index < -0.39 is 16.1 Å². The SMILES string of the molecule is CNC1CCCN(C(=O)C(C)N=C2NS(=O)(=O)c3ccccc32)C1. The number of amidine groups is 1. The second-order valence-electron chi connectivity index (χ2n) is 6.17. The maximum atomic E-state index is 12.6. The van der Waals surface area contributed by atoms with E-state index in [-0.39, 0.29) is 16.6 Å². The quantitative estimate of drug-likeness (QED) is 0.822. The third kappa shape index (κ3) is 3.16. The number of benzene rings is 1. The molecular weight excluding hydrogens is 328 g/mol. The Balaban J connectivity index is 1.80. The largest absolute Gasteiger partial charge is 0.339 e. The van der Waals surface area contributed by atoms with Gasteiger partial charge in [0, 0.05) is 24.7 Å². The van der Waals surface area contributed by atoms with Crippen molar-refractivity contribution < 1.29 is 13.2 Å². The molecule has 0 saturated carbocycles. The monoisotopic (exact) mass is 350 g/mol. The van der Waals surface area contributed by atoms with Crippen molar-refractivity contribution in [1.29, 1.82) is 0 Å². The van der Waals surface area contributed by atoms with Gasteiger partial charge in [-0.2, -0.15) is 0 Å². The number of sulfonamides is 1. The molecule has 1 saturated heterocycles. The maximum Gasteiger partial charge on any atom is 0.263 e. The van der Waals surface area contributed by atoms with E-state index in [1.165, 1.54) is 6.07 Å². The maximum absolute atomic E-state index is 12.6. The molecule has 0 spiro atoms. The first-order valence-electron chi connectivity index (χ1n) is 8.08. The number of aliphatic imine (C=N–C) groups is 1. The normalized spacial score (nSPS) is 25.2. The van der Waals surface area contributed by atoms with E-state index in [4.69, 9.17) is 0 Å². The van der Waals surface area contributed by atoms with Gasteiger partial charge in [0.05, 0.1) is 4.90 Å². The number of amides is 1. The lowest BCUT2D eigenvalue weighted by Crippen LogP contribution is -2.49. The molecule has 2 unspecified atom stereocenters. The van der Waals surface area contributed by atoms with Gasteiger partial charge in [-0.05, 0) is 38.9 Å². The van der Waals surface area contributed by atoms with Crippen LogP contribution >= 0.6 is 0 Å². The Morgan fingerprint density at radius 3 is 2.92 bits per heavy atom. The van der Waals surface area contributed by atoms with Crippen molar-refractivity contribution in [3.63, 3.8) is 0 Å². The van der Waals surface area contributed by atoms with Crippen LogP contribution in [0.4, 0.5) is 0 Å². The lowest BCUT2D eigenvalue weighted by atomic mass is 10.1. The molecule has 130 valence electrons. The molecule has 8 heteroatoms. The zero-order valence-corrected chi connectivity index (χ0v) is 14.6. The first-order chi connectivity index (χ1) is 11.4. The van der Waals surface area contributed by atoms with Crippen LogP contribution in [0.2, 0.25) is 0 Å². The van der Waals surface area contributed by atoms with Gasteiger partial charge in [0.15, 0.2) is 0 Å². The molecule has 1 aromatic carbocycles. The molecule has 0 aromatic heterocycles. The first-order valence-corrected chi connectivity index (χ1v) is 9.57. The molecule has 0 bridgehead atoms. The molecule has 2 heterocycles. The lowest BCUT2D eigenvalue weighted by molar-refractivity contribution is -0.133. The fourth-order valence-electron chi connectivity index (χ4n) is 3.16. The van der Waals surface area contributed by atoms with Crippen LogP contribution in [0.1, 0.15) is 25.3 Å². The number of hydrogen-bond acceptors (Lipinski definition) is 5. The van der Waals surface area contributed by atoms with Crippen molar-refractivity contribution in [2.45, 2.75) is 36.7 Å². The number of likely N-dealkylation sites (tertiary alicyclic amines) is 1. The number of fused-ring (bicyclic) bond motifs is 1. The van der Waals surface area contributed by atoms with Crippen LogP contribution in [-0.2, 0) is 14.8 Å². The van der Waals surface area contributed by atoms with E-state index in [0.717, 1.165) is 12.8 Å². The number of nitrogens with one attached hydrogen (secondary N) is 2. The molecule has 24 heavy (non-hydrogen) atoms. The van der Waals surface area contributed by atoms with Gasteiger partial charge in [-0.3, -0.25) is 14.5 Å². The van der Waals surface area contributed by atoms with Crippen LogP contribution in [-0.4, -0.2) is 57.3 Å². The second kappa shape index (κ2) is 6.52. The fourth-order valence-corrected chi connectivity index (χ4v) is 4.39. The molecule has 2 N–H and O–H groups in total. The Labute approximate surface area is 142 Å².